The van der Waals surface area contributed by atoms with Crippen LogP contribution in [0.2, 0.25) is 39.3 Å². The second kappa shape index (κ2) is 8.62. The van der Waals surface area contributed by atoms with Crippen LogP contribution in [0, 0.1) is 5.41 Å². The fraction of sp³-hybridized carbons (Fsp3) is 0.632. The predicted molar refractivity (Wildman–Crippen MR) is 108 cm³/mol. The van der Waals surface area contributed by atoms with Crippen LogP contribution < -0.4 is 0 Å². The molecular weight excluding hydrogens is 348 g/mol. The van der Waals surface area contributed by atoms with Gasteiger partial charge in [0.15, 0.2) is 16.6 Å². The summed E-state index contributed by atoms with van der Waals surface area (Å²) < 4.78 is 17.7. The Kier molecular flexibility index (Phi) is 7.61. The summed E-state index contributed by atoms with van der Waals surface area (Å²) in [6.45, 7) is 17.3. The standard InChI is InChI=1S/C19H34O4Si2/c1-19(2,18(20)21-14-15-22-24(3,4)5)17(23-25(6,7)8)16-12-10-9-11-13-16/h9-13,17H,14-15H2,1-8H3. The van der Waals surface area contributed by atoms with Crippen molar-refractivity contribution in [2.45, 2.75) is 59.2 Å². The number of carbonyl (C=O) groups is 1. The minimum atomic E-state index is -1.85. The van der Waals surface area contributed by atoms with Gasteiger partial charge in [-0.15, -0.1) is 0 Å². The molecule has 142 valence electrons. The molecular formula is C19H34O4Si2. The van der Waals surface area contributed by atoms with Gasteiger partial charge in [-0.3, -0.25) is 4.79 Å². The molecule has 1 atom stereocenters. The van der Waals surface area contributed by atoms with Gasteiger partial charge in [-0.1, -0.05) is 30.3 Å². The zero-order valence-electron chi connectivity index (χ0n) is 17.0. The summed E-state index contributed by atoms with van der Waals surface area (Å²) in [5.41, 5.74) is 0.228. The molecule has 0 amide bonds. The van der Waals surface area contributed by atoms with Crippen LogP contribution in [0.3, 0.4) is 0 Å². The fourth-order valence-corrected chi connectivity index (χ4v) is 4.22. The van der Waals surface area contributed by atoms with Crippen LogP contribution in [0.15, 0.2) is 30.3 Å². The van der Waals surface area contributed by atoms with Crippen LogP contribution in [0.4, 0.5) is 0 Å². The smallest absolute Gasteiger partial charge is 0.314 e. The molecule has 4 nitrogen and oxygen atoms in total. The van der Waals surface area contributed by atoms with Gasteiger partial charge >= 0.3 is 5.97 Å². The first-order valence-corrected chi connectivity index (χ1v) is 15.7. The second-order valence-electron chi connectivity index (χ2n) is 8.84. The molecule has 0 aliphatic carbocycles. The Morgan fingerprint density at radius 1 is 0.960 bits per heavy atom. The fourth-order valence-electron chi connectivity index (χ4n) is 2.39. The molecule has 6 heteroatoms. The van der Waals surface area contributed by atoms with Crippen molar-refractivity contribution in [2.75, 3.05) is 13.2 Å². The van der Waals surface area contributed by atoms with Gasteiger partial charge in [-0.25, -0.2) is 0 Å². The molecule has 0 aromatic heterocycles. The molecule has 0 aliphatic heterocycles. The molecule has 0 spiro atoms. The van der Waals surface area contributed by atoms with Crippen molar-refractivity contribution in [1.82, 2.24) is 0 Å². The van der Waals surface area contributed by atoms with E-state index in [0.717, 1.165) is 5.56 Å². The summed E-state index contributed by atoms with van der Waals surface area (Å²) in [4.78, 5) is 12.8. The zero-order valence-corrected chi connectivity index (χ0v) is 19.0. The Hall–Kier alpha value is -0.956. The van der Waals surface area contributed by atoms with Crippen LogP contribution in [0.1, 0.15) is 25.5 Å². The lowest BCUT2D eigenvalue weighted by Crippen LogP contribution is -2.40. The van der Waals surface area contributed by atoms with Crippen molar-refractivity contribution >= 4 is 22.6 Å². The molecule has 0 heterocycles. The predicted octanol–water partition coefficient (Wildman–Crippen LogP) is 5.00. The second-order valence-corrected chi connectivity index (χ2v) is 17.8. The highest BCUT2D eigenvalue weighted by atomic mass is 28.4. The molecule has 0 radical (unpaired) electrons. The van der Waals surface area contributed by atoms with Crippen molar-refractivity contribution in [3.8, 4) is 0 Å². The average Bonchev–Trinajstić information content (AvgIpc) is 2.48. The lowest BCUT2D eigenvalue weighted by molar-refractivity contribution is -0.160. The topological polar surface area (TPSA) is 44.8 Å². The summed E-state index contributed by atoms with van der Waals surface area (Å²) in [6, 6.07) is 9.93. The highest BCUT2D eigenvalue weighted by molar-refractivity contribution is 6.70. The van der Waals surface area contributed by atoms with Crippen LogP contribution in [-0.2, 0) is 18.4 Å². The van der Waals surface area contributed by atoms with Crippen LogP contribution in [0.25, 0.3) is 0 Å². The van der Waals surface area contributed by atoms with Crippen LogP contribution in [-0.4, -0.2) is 35.8 Å². The molecule has 1 aromatic carbocycles. The number of hydrogen-bond donors (Lipinski definition) is 0. The van der Waals surface area contributed by atoms with E-state index in [4.69, 9.17) is 13.6 Å². The minimum Gasteiger partial charge on any atom is -0.463 e. The Labute approximate surface area is 155 Å². The minimum absolute atomic E-state index is 0.251. The van der Waals surface area contributed by atoms with Gasteiger partial charge in [0.25, 0.3) is 0 Å². The molecule has 0 aliphatic rings. The van der Waals surface area contributed by atoms with Crippen molar-refractivity contribution in [3.63, 3.8) is 0 Å². The number of carbonyl (C=O) groups excluding carboxylic acids is 1. The average molecular weight is 383 g/mol. The quantitative estimate of drug-likeness (QED) is 0.342. The van der Waals surface area contributed by atoms with Crippen molar-refractivity contribution in [3.05, 3.63) is 35.9 Å². The lowest BCUT2D eigenvalue weighted by atomic mass is 9.83. The maximum Gasteiger partial charge on any atom is 0.314 e. The van der Waals surface area contributed by atoms with Crippen LogP contribution >= 0.6 is 0 Å². The largest absolute Gasteiger partial charge is 0.463 e. The zero-order chi connectivity index (χ0) is 19.3. The number of ether oxygens (including phenoxy) is 1. The molecule has 1 aromatic rings. The Morgan fingerprint density at radius 3 is 2.00 bits per heavy atom. The molecule has 0 fully saturated rings. The summed E-state index contributed by atoms with van der Waals surface area (Å²) in [5.74, 6) is -0.251. The van der Waals surface area contributed by atoms with E-state index in [1.807, 2.05) is 44.2 Å². The monoisotopic (exact) mass is 382 g/mol. The van der Waals surface area contributed by atoms with Crippen molar-refractivity contribution < 1.29 is 18.4 Å². The van der Waals surface area contributed by atoms with Gasteiger partial charge in [0.2, 0.25) is 0 Å². The number of esters is 1. The number of hydrogen-bond acceptors (Lipinski definition) is 4. The van der Waals surface area contributed by atoms with E-state index in [-0.39, 0.29) is 18.7 Å². The van der Waals surface area contributed by atoms with E-state index >= 15 is 0 Å². The van der Waals surface area contributed by atoms with E-state index in [1.54, 1.807) is 0 Å². The van der Waals surface area contributed by atoms with Gasteiger partial charge in [-0.05, 0) is 58.7 Å². The van der Waals surface area contributed by atoms with Gasteiger partial charge in [0.1, 0.15) is 6.61 Å². The molecule has 1 rings (SSSR count). The van der Waals surface area contributed by atoms with Crippen molar-refractivity contribution in [2.24, 2.45) is 5.41 Å². The molecule has 0 N–H and O–H groups in total. The lowest BCUT2D eigenvalue weighted by Gasteiger charge is -2.37. The third-order valence-electron chi connectivity index (χ3n) is 3.61. The first-order chi connectivity index (χ1) is 11.3. The van der Waals surface area contributed by atoms with E-state index in [0.29, 0.717) is 6.61 Å². The molecule has 0 saturated carbocycles. The third-order valence-corrected chi connectivity index (χ3v) is 5.62. The highest BCUT2D eigenvalue weighted by Gasteiger charge is 2.42. The number of rotatable bonds is 9. The maximum absolute atomic E-state index is 12.8. The van der Waals surface area contributed by atoms with E-state index < -0.39 is 22.0 Å². The summed E-state index contributed by atoms with van der Waals surface area (Å²) in [7, 11) is -3.44. The number of benzene rings is 1. The first kappa shape index (κ1) is 22.1. The van der Waals surface area contributed by atoms with Gasteiger partial charge in [0.05, 0.1) is 18.1 Å². The highest BCUT2D eigenvalue weighted by Crippen LogP contribution is 2.39. The summed E-state index contributed by atoms with van der Waals surface area (Å²) in [6.07, 6.45) is -0.328. The Morgan fingerprint density at radius 2 is 1.52 bits per heavy atom. The van der Waals surface area contributed by atoms with E-state index in [2.05, 4.69) is 39.3 Å². The Balaban J connectivity index is 2.86. The summed E-state index contributed by atoms with van der Waals surface area (Å²) in [5, 5.41) is 0. The van der Waals surface area contributed by atoms with Gasteiger partial charge in [-0.2, -0.15) is 0 Å². The SMILES string of the molecule is CC(C)(C(=O)OCCO[Si](C)(C)C)C(O[Si](C)(C)C)c1ccccc1. The van der Waals surface area contributed by atoms with Gasteiger partial charge < -0.3 is 13.6 Å². The molecule has 1 unspecified atom stereocenters. The van der Waals surface area contributed by atoms with Crippen molar-refractivity contribution in [1.29, 1.82) is 0 Å². The maximum atomic E-state index is 12.8. The van der Waals surface area contributed by atoms with Crippen LogP contribution in [0.5, 0.6) is 0 Å². The van der Waals surface area contributed by atoms with E-state index in [1.165, 1.54) is 0 Å². The normalized spacial score (nSPS) is 14.2. The summed E-state index contributed by atoms with van der Waals surface area (Å²) >= 11 is 0. The van der Waals surface area contributed by atoms with E-state index in [9.17, 15) is 4.79 Å². The third kappa shape index (κ3) is 7.85. The molecule has 25 heavy (non-hydrogen) atoms. The van der Waals surface area contributed by atoms with Gasteiger partial charge in [0, 0.05) is 0 Å². The first-order valence-electron chi connectivity index (χ1n) is 8.87. The molecule has 0 bridgehead atoms. The Bertz CT molecular complexity index is 545. The molecule has 0 saturated heterocycles.